The van der Waals surface area contributed by atoms with E-state index in [0.717, 1.165) is 5.56 Å². The van der Waals surface area contributed by atoms with Gasteiger partial charge in [0.05, 0.1) is 0 Å². The molecule has 0 aliphatic carbocycles. The van der Waals surface area contributed by atoms with Gasteiger partial charge in [-0.3, -0.25) is 0 Å². The van der Waals surface area contributed by atoms with Gasteiger partial charge < -0.3 is 14.9 Å². The largest absolute Gasteiger partial charge is 0.489 e. The summed E-state index contributed by atoms with van der Waals surface area (Å²) in [5.41, 5.74) is -0.524. The van der Waals surface area contributed by atoms with E-state index in [-0.39, 0.29) is 0 Å². The normalized spacial score (nSPS) is 13.5. The Morgan fingerprint density at radius 1 is 1.10 bits per heavy atom. The third-order valence-corrected chi connectivity index (χ3v) is 3.08. The highest BCUT2D eigenvalue weighted by Crippen LogP contribution is 2.23. The highest BCUT2D eigenvalue weighted by molar-refractivity contribution is 5.78. The molecule has 0 aromatic heterocycles. The van der Waals surface area contributed by atoms with E-state index in [4.69, 9.17) is 9.84 Å². The minimum absolute atomic E-state index is 0.317. The number of ether oxygens (including phenoxy) is 1. The van der Waals surface area contributed by atoms with E-state index >= 15 is 0 Å². The van der Waals surface area contributed by atoms with Gasteiger partial charge in [0.25, 0.3) is 0 Å². The van der Waals surface area contributed by atoms with Crippen LogP contribution in [0.25, 0.3) is 0 Å². The van der Waals surface area contributed by atoms with Crippen molar-refractivity contribution >= 4 is 5.97 Å². The number of aliphatic hydroxyl groups is 1. The van der Waals surface area contributed by atoms with Gasteiger partial charge >= 0.3 is 5.97 Å². The molecule has 2 N–H and O–H groups in total. The van der Waals surface area contributed by atoms with Gasteiger partial charge in [-0.1, -0.05) is 42.5 Å². The minimum atomic E-state index is -1.89. The molecule has 0 amide bonds. The first-order chi connectivity index (χ1) is 9.50. The van der Waals surface area contributed by atoms with Crippen LogP contribution >= 0.6 is 0 Å². The number of benzene rings is 2. The molecular formula is C16H16O4. The topological polar surface area (TPSA) is 66.8 Å². The standard InChI is InChI=1S/C16H16O4/c1-16(19,15(17)18)13-7-9-14(10-8-13)20-11-12-5-3-2-4-6-12/h2-10,19H,11H2,1H3,(H,17,18)/t16-/m0/s1. The maximum Gasteiger partial charge on any atom is 0.340 e. The molecular weight excluding hydrogens is 256 g/mol. The Hall–Kier alpha value is -2.33. The molecule has 4 nitrogen and oxygen atoms in total. The predicted molar refractivity (Wildman–Crippen MR) is 74.4 cm³/mol. The van der Waals surface area contributed by atoms with Gasteiger partial charge in [-0.05, 0) is 30.2 Å². The quantitative estimate of drug-likeness (QED) is 0.877. The van der Waals surface area contributed by atoms with Gasteiger partial charge in [-0.25, -0.2) is 4.79 Å². The predicted octanol–water partition coefficient (Wildman–Crippen LogP) is 2.56. The van der Waals surface area contributed by atoms with Crippen LogP contribution in [0, 0.1) is 0 Å². The molecule has 2 rings (SSSR count). The van der Waals surface area contributed by atoms with Crippen molar-refractivity contribution in [2.75, 3.05) is 0 Å². The highest BCUT2D eigenvalue weighted by Gasteiger charge is 2.31. The first-order valence-corrected chi connectivity index (χ1v) is 6.23. The van der Waals surface area contributed by atoms with Crippen molar-refractivity contribution in [2.24, 2.45) is 0 Å². The molecule has 2 aromatic carbocycles. The second-order valence-electron chi connectivity index (χ2n) is 4.68. The Bertz CT molecular complexity index is 573. The smallest absolute Gasteiger partial charge is 0.340 e. The van der Waals surface area contributed by atoms with Crippen molar-refractivity contribution in [3.63, 3.8) is 0 Å². The van der Waals surface area contributed by atoms with Gasteiger partial charge in [-0.2, -0.15) is 0 Å². The summed E-state index contributed by atoms with van der Waals surface area (Å²) in [6.07, 6.45) is 0. The van der Waals surface area contributed by atoms with Gasteiger partial charge in [0.1, 0.15) is 12.4 Å². The zero-order valence-corrected chi connectivity index (χ0v) is 11.1. The van der Waals surface area contributed by atoms with Crippen molar-refractivity contribution in [3.8, 4) is 5.75 Å². The molecule has 0 aliphatic rings. The van der Waals surface area contributed by atoms with Crippen LogP contribution in [0.4, 0.5) is 0 Å². The monoisotopic (exact) mass is 272 g/mol. The Balaban J connectivity index is 2.04. The molecule has 104 valence electrons. The van der Waals surface area contributed by atoms with Gasteiger partial charge in [-0.15, -0.1) is 0 Å². The van der Waals surface area contributed by atoms with Crippen molar-refractivity contribution in [3.05, 3.63) is 65.7 Å². The molecule has 0 aliphatic heterocycles. The van der Waals surface area contributed by atoms with Crippen LogP contribution in [-0.2, 0) is 17.0 Å². The lowest BCUT2D eigenvalue weighted by Crippen LogP contribution is -2.31. The number of hydrogen-bond acceptors (Lipinski definition) is 3. The average Bonchev–Trinajstić information content (AvgIpc) is 2.46. The second-order valence-corrected chi connectivity index (χ2v) is 4.68. The Morgan fingerprint density at radius 3 is 2.25 bits per heavy atom. The van der Waals surface area contributed by atoms with E-state index in [0.29, 0.717) is 17.9 Å². The highest BCUT2D eigenvalue weighted by atomic mass is 16.5. The average molecular weight is 272 g/mol. The molecule has 0 heterocycles. The van der Waals surface area contributed by atoms with Gasteiger partial charge in [0.15, 0.2) is 5.60 Å². The summed E-state index contributed by atoms with van der Waals surface area (Å²) in [5, 5.41) is 18.8. The van der Waals surface area contributed by atoms with Crippen LogP contribution in [-0.4, -0.2) is 16.2 Å². The second kappa shape index (κ2) is 5.75. The van der Waals surface area contributed by atoms with E-state index in [1.165, 1.54) is 6.92 Å². The number of rotatable bonds is 5. The lowest BCUT2D eigenvalue weighted by molar-refractivity contribution is -0.157. The molecule has 4 heteroatoms. The number of hydrogen-bond donors (Lipinski definition) is 2. The Labute approximate surface area is 117 Å². The molecule has 0 radical (unpaired) electrons. The third kappa shape index (κ3) is 3.16. The first-order valence-electron chi connectivity index (χ1n) is 6.23. The molecule has 0 unspecified atom stereocenters. The SMILES string of the molecule is C[C@@](O)(C(=O)O)c1ccc(OCc2ccccc2)cc1. The van der Waals surface area contributed by atoms with Crippen LogP contribution in [0.1, 0.15) is 18.1 Å². The summed E-state index contributed by atoms with van der Waals surface area (Å²) >= 11 is 0. The lowest BCUT2D eigenvalue weighted by atomic mass is 9.96. The van der Waals surface area contributed by atoms with Crippen LogP contribution in [0.3, 0.4) is 0 Å². The van der Waals surface area contributed by atoms with Crippen molar-refractivity contribution in [2.45, 2.75) is 19.1 Å². The molecule has 0 fully saturated rings. The molecule has 0 spiro atoms. The number of carboxylic acid groups (broad SMARTS) is 1. The summed E-state index contributed by atoms with van der Waals surface area (Å²) in [7, 11) is 0. The molecule has 0 saturated heterocycles. The van der Waals surface area contributed by atoms with Crippen LogP contribution in [0.5, 0.6) is 5.75 Å². The van der Waals surface area contributed by atoms with Crippen molar-refractivity contribution < 1.29 is 19.7 Å². The summed E-state index contributed by atoms with van der Waals surface area (Å²) in [6.45, 7) is 1.69. The zero-order chi connectivity index (χ0) is 14.6. The van der Waals surface area contributed by atoms with E-state index in [1.54, 1.807) is 24.3 Å². The fourth-order valence-electron chi connectivity index (χ4n) is 1.74. The number of aliphatic carboxylic acids is 1. The van der Waals surface area contributed by atoms with Gasteiger partial charge in [0, 0.05) is 0 Å². The fraction of sp³-hybridized carbons (Fsp3) is 0.188. The summed E-state index contributed by atoms with van der Waals surface area (Å²) < 4.78 is 5.59. The Kier molecular flexibility index (Phi) is 4.05. The molecule has 0 saturated carbocycles. The number of carbonyl (C=O) groups is 1. The molecule has 20 heavy (non-hydrogen) atoms. The van der Waals surface area contributed by atoms with Crippen LogP contribution in [0.2, 0.25) is 0 Å². The van der Waals surface area contributed by atoms with Crippen LogP contribution in [0.15, 0.2) is 54.6 Å². The summed E-state index contributed by atoms with van der Waals surface area (Å²) in [4.78, 5) is 10.9. The molecule has 0 bridgehead atoms. The van der Waals surface area contributed by atoms with E-state index in [1.807, 2.05) is 30.3 Å². The fourth-order valence-corrected chi connectivity index (χ4v) is 1.74. The summed E-state index contributed by atoms with van der Waals surface area (Å²) in [6, 6.07) is 16.1. The summed E-state index contributed by atoms with van der Waals surface area (Å²) in [5.74, 6) is -0.658. The van der Waals surface area contributed by atoms with E-state index in [9.17, 15) is 9.90 Å². The van der Waals surface area contributed by atoms with Crippen molar-refractivity contribution in [1.29, 1.82) is 0 Å². The van der Waals surface area contributed by atoms with E-state index < -0.39 is 11.6 Å². The van der Waals surface area contributed by atoms with Crippen LogP contribution < -0.4 is 4.74 Å². The van der Waals surface area contributed by atoms with Gasteiger partial charge in [0.2, 0.25) is 0 Å². The third-order valence-electron chi connectivity index (χ3n) is 3.08. The zero-order valence-electron chi connectivity index (χ0n) is 11.1. The first kappa shape index (κ1) is 14.1. The minimum Gasteiger partial charge on any atom is -0.489 e. The van der Waals surface area contributed by atoms with Crippen molar-refractivity contribution in [1.82, 2.24) is 0 Å². The molecule has 2 aromatic rings. The lowest BCUT2D eigenvalue weighted by Gasteiger charge is -2.18. The van der Waals surface area contributed by atoms with E-state index in [2.05, 4.69) is 0 Å². The maximum absolute atomic E-state index is 10.9. The number of carboxylic acids is 1. The molecule has 1 atom stereocenters. The maximum atomic E-state index is 10.9. The Morgan fingerprint density at radius 2 is 1.70 bits per heavy atom.